The van der Waals surface area contributed by atoms with Crippen LogP contribution in [-0.4, -0.2) is 13.9 Å². The van der Waals surface area contributed by atoms with Crippen LogP contribution < -0.4 is 0 Å². The van der Waals surface area contributed by atoms with E-state index in [1.54, 1.807) is 0 Å². The first-order valence-electron chi connectivity index (χ1n) is 4.67. The molecule has 0 fully saturated rings. The van der Waals surface area contributed by atoms with Crippen LogP contribution in [0.1, 0.15) is 12.8 Å². The molecule has 1 aliphatic rings. The van der Waals surface area contributed by atoms with E-state index in [4.69, 9.17) is 23.2 Å². The van der Waals surface area contributed by atoms with E-state index < -0.39 is 13.9 Å². The zero-order chi connectivity index (χ0) is 14.1. The Labute approximate surface area is 170 Å². The lowest BCUT2D eigenvalue weighted by molar-refractivity contribution is -0.114. The summed E-state index contributed by atoms with van der Waals surface area (Å²) in [5.41, 5.74) is 0. The summed E-state index contributed by atoms with van der Waals surface area (Å²) < 4.78 is 2.67. The number of allylic oxidation sites excluding steroid dienone is 4. The van der Waals surface area contributed by atoms with E-state index >= 15 is 0 Å². The maximum Gasteiger partial charge on any atom is 0.223 e. The van der Waals surface area contributed by atoms with E-state index in [0.717, 1.165) is 10.7 Å². The molecule has 0 aliphatic heterocycles. The van der Waals surface area contributed by atoms with Gasteiger partial charge in [-0.1, -0.05) is 22.6 Å². The van der Waals surface area contributed by atoms with Crippen LogP contribution in [0.4, 0.5) is 0 Å². The molecule has 100 valence electrons. The minimum atomic E-state index is -0.479. The van der Waals surface area contributed by atoms with Crippen LogP contribution in [0.2, 0.25) is 0 Å². The summed E-state index contributed by atoms with van der Waals surface area (Å²) in [6.45, 7) is 0. The predicted molar refractivity (Wildman–Crippen MR) is 108 cm³/mol. The monoisotopic (exact) mass is 736 g/mol. The van der Waals surface area contributed by atoms with E-state index in [9.17, 15) is 9.59 Å². The van der Waals surface area contributed by atoms with Gasteiger partial charge in [0, 0.05) is 29.5 Å². The molecule has 0 radical (unpaired) electrons. The van der Waals surface area contributed by atoms with Crippen molar-refractivity contribution < 1.29 is 9.59 Å². The van der Waals surface area contributed by atoms with Crippen LogP contribution in [0, 0.1) is 5.92 Å². The Morgan fingerprint density at radius 1 is 1.22 bits per heavy atom. The average Bonchev–Trinajstić information content (AvgIpc) is 2.21. The van der Waals surface area contributed by atoms with Gasteiger partial charge in [0.2, 0.25) is 10.5 Å². The summed E-state index contributed by atoms with van der Waals surface area (Å²) in [6.07, 6.45) is 2.42. The molecular formula is C10H6Cl2I4O2. The maximum absolute atomic E-state index is 11.3. The molecule has 1 aliphatic carbocycles. The molecule has 0 aromatic carbocycles. The van der Waals surface area contributed by atoms with Gasteiger partial charge in [-0.15, -0.1) is 0 Å². The van der Waals surface area contributed by atoms with Gasteiger partial charge < -0.3 is 0 Å². The Balaban J connectivity index is 3.24. The number of hydrogen-bond acceptors (Lipinski definition) is 2. The lowest BCUT2D eigenvalue weighted by Gasteiger charge is -2.37. The van der Waals surface area contributed by atoms with Crippen LogP contribution in [0.3, 0.4) is 0 Å². The topological polar surface area (TPSA) is 34.1 Å². The molecule has 0 aromatic rings. The fourth-order valence-electron chi connectivity index (χ4n) is 1.66. The Hall–Kier alpha value is 2.32. The first kappa shape index (κ1) is 18.4. The van der Waals surface area contributed by atoms with Crippen molar-refractivity contribution in [3.05, 3.63) is 16.8 Å². The molecule has 0 aromatic heterocycles. The second-order valence-electron chi connectivity index (χ2n) is 3.69. The molecule has 2 unspecified atom stereocenters. The highest BCUT2D eigenvalue weighted by molar-refractivity contribution is 14.1. The van der Waals surface area contributed by atoms with Crippen LogP contribution in [0.5, 0.6) is 0 Å². The van der Waals surface area contributed by atoms with Gasteiger partial charge in [0.15, 0.2) is 0 Å². The van der Waals surface area contributed by atoms with Gasteiger partial charge in [-0.2, -0.15) is 0 Å². The highest BCUT2D eigenvalue weighted by Gasteiger charge is 2.45. The van der Waals surface area contributed by atoms with E-state index in [-0.39, 0.29) is 18.8 Å². The Bertz CT molecular complexity index is 461. The fourth-order valence-corrected chi connectivity index (χ4v) is 6.94. The highest BCUT2D eigenvalue weighted by Crippen LogP contribution is 2.54. The molecule has 2 nitrogen and oxygen atoms in total. The van der Waals surface area contributed by atoms with Crippen molar-refractivity contribution in [2.45, 2.75) is 16.3 Å². The van der Waals surface area contributed by atoms with Crippen molar-refractivity contribution in [2.75, 3.05) is 0 Å². The van der Waals surface area contributed by atoms with Crippen molar-refractivity contribution >= 4 is 124 Å². The summed E-state index contributed by atoms with van der Waals surface area (Å²) in [4.78, 5) is 22.5. The van der Waals surface area contributed by atoms with E-state index in [2.05, 4.69) is 90.4 Å². The van der Waals surface area contributed by atoms with Crippen molar-refractivity contribution in [3.8, 4) is 0 Å². The van der Waals surface area contributed by atoms with Crippen molar-refractivity contribution in [1.29, 1.82) is 0 Å². The number of hydrogen-bond donors (Lipinski definition) is 0. The molecule has 0 heterocycles. The molecule has 0 amide bonds. The molecule has 18 heavy (non-hydrogen) atoms. The molecular weight excluding hydrogens is 731 g/mol. The third kappa shape index (κ3) is 4.41. The smallest absolute Gasteiger partial charge is 0.223 e. The van der Waals surface area contributed by atoms with Gasteiger partial charge in [-0.05, 0) is 97.1 Å². The normalized spacial score (nSPS) is 28.1. The van der Waals surface area contributed by atoms with Crippen molar-refractivity contribution in [3.63, 3.8) is 0 Å². The molecule has 8 heteroatoms. The van der Waals surface area contributed by atoms with Gasteiger partial charge in [0.25, 0.3) is 0 Å². The minimum absolute atomic E-state index is 0.102. The zero-order valence-corrected chi connectivity index (χ0v) is 18.8. The molecule has 1 rings (SSSR count). The third-order valence-electron chi connectivity index (χ3n) is 2.50. The second kappa shape index (κ2) is 7.54. The van der Waals surface area contributed by atoms with Crippen LogP contribution >= 0.6 is 114 Å². The minimum Gasteiger partial charge on any atom is -0.281 e. The van der Waals surface area contributed by atoms with E-state index in [1.165, 1.54) is 0 Å². The highest BCUT2D eigenvalue weighted by atomic mass is 127. The standard InChI is InChI=1S/C10H6Cl2I4O2/c11-7(17)1-4-9(15)5(13)2-6(14)10(4,16)3-8(12)18/h2,4H,1,3H2. The fraction of sp³-hybridized carbons (Fsp3) is 0.400. The van der Waals surface area contributed by atoms with Crippen LogP contribution in [-0.2, 0) is 9.59 Å². The lowest BCUT2D eigenvalue weighted by atomic mass is 9.84. The first-order chi connectivity index (χ1) is 8.18. The van der Waals surface area contributed by atoms with Gasteiger partial charge in [-0.25, -0.2) is 0 Å². The van der Waals surface area contributed by atoms with Crippen LogP contribution in [0.15, 0.2) is 16.8 Å². The molecule has 0 saturated carbocycles. The third-order valence-corrected chi connectivity index (χ3v) is 10.1. The molecule has 0 bridgehead atoms. The summed E-state index contributed by atoms with van der Waals surface area (Å²) >= 11 is 19.9. The van der Waals surface area contributed by atoms with Gasteiger partial charge >= 0.3 is 0 Å². The van der Waals surface area contributed by atoms with Crippen molar-refractivity contribution in [1.82, 2.24) is 0 Å². The number of carbonyl (C=O) groups excluding carboxylic acids is 2. The Kier molecular flexibility index (Phi) is 7.70. The molecule has 2 atom stereocenters. The first-order valence-corrected chi connectivity index (χ1v) is 9.74. The Morgan fingerprint density at radius 2 is 1.78 bits per heavy atom. The van der Waals surface area contributed by atoms with Crippen molar-refractivity contribution in [2.24, 2.45) is 5.92 Å². The number of halogens is 6. The summed E-state index contributed by atoms with van der Waals surface area (Å²) in [5.74, 6) is -0.102. The van der Waals surface area contributed by atoms with Gasteiger partial charge in [-0.3, -0.25) is 9.59 Å². The predicted octanol–water partition coefficient (Wildman–Crippen LogP) is 5.50. The second-order valence-corrected chi connectivity index (χ2v) is 9.95. The summed E-state index contributed by atoms with van der Waals surface area (Å²) in [7, 11) is 0. The van der Waals surface area contributed by atoms with E-state index in [1.807, 2.05) is 6.08 Å². The number of alkyl halides is 1. The SMILES string of the molecule is O=C(Cl)CC1C(I)=C(I)C=C(I)C1(I)CC(=O)Cl. The number of carbonyl (C=O) groups is 2. The molecule has 0 saturated heterocycles. The number of rotatable bonds is 4. The van der Waals surface area contributed by atoms with Gasteiger partial charge in [0.05, 0.1) is 3.42 Å². The average molecular weight is 737 g/mol. The molecule has 0 N–H and O–H groups in total. The largest absolute Gasteiger partial charge is 0.281 e. The van der Waals surface area contributed by atoms with E-state index in [0.29, 0.717) is 0 Å². The zero-order valence-electron chi connectivity index (χ0n) is 8.65. The maximum atomic E-state index is 11.3. The molecule has 0 spiro atoms. The van der Waals surface area contributed by atoms with Gasteiger partial charge in [0.1, 0.15) is 0 Å². The van der Waals surface area contributed by atoms with Crippen LogP contribution in [0.25, 0.3) is 0 Å². The lowest BCUT2D eigenvalue weighted by Crippen LogP contribution is -2.36. The summed E-state index contributed by atoms with van der Waals surface area (Å²) in [6, 6.07) is 0. The summed E-state index contributed by atoms with van der Waals surface area (Å²) in [5, 5.41) is -0.798. The Morgan fingerprint density at radius 3 is 2.22 bits per heavy atom. The quantitative estimate of drug-likeness (QED) is 0.217.